The molecule has 0 unspecified atom stereocenters. The van der Waals surface area contributed by atoms with Gasteiger partial charge in [-0.2, -0.15) is 0 Å². The van der Waals surface area contributed by atoms with Crippen LogP contribution in [0.5, 0.6) is 11.5 Å². The quantitative estimate of drug-likeness (QED) is 0.118. The molecule has 10 aromatic rings. The highest BCUT2D eigenvalue weighted by Crippen LogP contribution is 2.51. The van der Waals surface area contributed by atoms with Crippen molar-refractivity contribution in [2.45, 2.75) is 128 Å². The highest BCUT2D eigenvalue weighted by Gasteiger charge is 2.39. The summed E-state index contributed by atoms with van der Waals surface area (Å²) in [5.41, 5.74) is -32.2. The molecule has 7 aromatic carbocycles. The summed E-state index contributed by atoms with van der Waals surface area (Å²) in [4.78, 5) is 4.75. The van der Waals surface area contributed by atoms with Gasteiger partial charge in [0.25, 0.3) is 0 Å². The zero-order valence-corrected chi connectivity index (χ0v) is 39.7. The lowest BCUT2D eigenvalue weighted by Crippen LogP contribution is -2.33. The topological polar surface area (TPSA) is 35.9 Å². The van der Waals surface area contributed by atoms with Crippen LogP contribution in [-0.4, -0.2) is 14.1 Å². The predicted molar refractivity (Wildman–Crippen MR) is 308 cm³/mol. The Morgan fingerprint density at radius 2 is 1.18 bits per heavy atom. The molecule has 5 nitrogen and oxygen atoms in total. The molecule has 74 heavy (non-hydrogen) atoms. The monoisotopic (exact) mass is 1010 g/mol. The van der Waals surface area contributed by atoms with Crippen molar-refractivity contribution >= 4 is 32.8 Å². The summed E-state index contributed by atoms with van der Waals surface area (Å²) in [6.45, 7) is -34.2. The number of nitrogens with zero attached hydrogens (tertiary/aromatic N) is 4. The summed E-state index contributed by atoms with van der Waals surface area (Å²) in [6, 6.07) is 17.6. The molecule has 0 saturated carbocycles. The Morgan fingerprint density at radius 1 is 0.595 bits per heavy atom. The SMILES string of the molecule is [2H]c1c([2H])c2c(c([2H])c1-c1cccc(-c3c([2H])c([2H])c4c(c3[2H])C(C([2H])([2H])[2H])(C([2H])([2H])[2H])C([2H])([2H])C([2H])([2H])C4(C([2H])([2H])[2H])C([2H])([2H])[2H])c1-c1cccc3c1[n+](C([2H])([2H])[2H])[c-]n3-c1cccc(Oc3ccc4c5ccccc5n(-c5cc(C(C)(C)C)ccn5)c4c3)c1)C(C([2H])([2H])[2H])(C([2H])([2H])[2H])C([2H])([2H])C([2H])([2H])C2(C([2H])([2H])[2H])C([2H])([2H])[2H]. The van der Waals surface area contributed by atoms with Gasteiger partial charge in [-0.1, -0.05) is 179 Å². The van der Waals surface area contributed by atoms with Gasteiger partial charge in [0.05, 0.1) is 47.1 Å². The minimum Gasteiger partial charge on any atom is -0.458 e. The van der Waals surface area contributed by atoms with E-state index in [1.165, 1.54) is 36.4 Å². The van der Waals surface area contributed by atoms with Crippen molar-refractivity contribution in [3.05, 3.63) is 192 Å². The fraction of sp³-hybridized carbons (Fsp3) is 0.304. The molecule has 12 rings (SSSR count). The van der Waals surface area contributed by atoms with Crippen molar-refractivity contribution in [1.82, 2.24) is 14.1 Å². The summed E-state index contributed by atoms with van der Waals surface area (Å²) in [6.07, 6.45) is -15.0. The van der Waals surface area contributed by atoms with Crippen molar-refractivity contribution < 1.29 is 65.5 Å². The van der Waals surface area contributed by atoms with E-state index in [0.29, 0.717) is 15.9 Å². The maximum Gasteiger partial charge on any atom is 0.244 e. The second kappa shape index (κ2) is 16.9. The molecular formula is C69H70N4O. The maximum atomic E-state index is 10.4. The molecule has 0 spiro atoms. The van der Waals surface area contributed by atoms with Gasteiger partial charge in [0.2, 0.25) is 6.33 Å². The summed E-state index contributed by atoms with van der Waals surface area (Å²) in [5.74, 6) is 0.914. The average molecular weight is 1010 g/mol. The van der Waals surface area contributed by atoms with Gasteiger partial charge in [0.1, 0.15) is 17.3 Å². The van der Waals surface area contributed by atoms with Crippen LogP contribution in [-0.2, 0) is 34.1 Å². The molecule has 0 atom stereocenters. The number of imidazole rings is 1. The number of ether oxygens (including phenoxy) is 1. The zero-order chi connectivity index (χ0) is 86.6. The van der Waals surface area contributed by atoms with Gasteiger partial charge in [-0.3, -0.25) is 4.57 Å². The van der Waals surface area contributed by atoms with Gasteiger partial charge < -0.3 is 13.9 Å². The lowest BCUT2D eigenvalue weighted by Gasteiger charge is -2.42. The van der Waals surface area contributed by atoms with E-state index in [1.807, 2.05) is 47.0 Å². The predicted octanol–water partition coefficient (Wildman–Crippen LogP) is 17.5. The van der Waals surface area contributed by atoms with E-state index in [-0.39, 0.29) is 28.1 Å². The van der Waals surface area contributed by atoms with E-state index >= 15 is 0 Å². The van der Waals surface area contributed by atoms with Crippen molar-refractivity contribution in [2.75, 3.05) is 0 Å². The average Bonchev–Trinajstić information content (AvgIpc) is 1.01. The second-order valence-electron chi connectivity index (χ2n) is 19.5. The van der Waals surface area contributed by atoms with Gasteiger partial charge in [-0.05, 0) is 156 Å². The summed E-state index contributed by atoms with van der Waals surface area (Å²) in [7, 11) is 0. The highest BCUT2D eigenvalue weighted by atomic mass is 16.5. The Morgan fingerprint density at radius 3 is 1.82 bits per heavy atom. The minimum absolute atomic E-state index is 0.0130. The number of fused-ring (bicyclic) bond motifs is 6. The van der Waals surface area contributed by atoms with Crippen LogP contribution in [0.4, 0.5) is 0 Å². The number of aryl methyl sites for hydroxylation is 1. The number of benzene rings is 7. The van der Waals surface area contributed by atoms with Gasteiger partial charge in [0, 0.05) is 66.9 Å². The number of rotatable bonds is 7. The number of hydrogen-bond acceptors (Lipinski definition) is 2. The van der Waals surface area contributed by atoms with E-state index in [4.69, 9.17) is 42.6 Å². The van der Waals surface area contributed by atoms with Crippen molar-refractivity contribution in [3.63, 3.8) is 0 Å². The first-order valence-corrected chi connectivity index (χ1v) is 23.2. The number of para-hydroxylation sites is 2. The summed E-state index contributed by atoms with van der Waals surface area (Å²) >= 11 is 0. The number of hydrogen-bond donors (Lipinski definition) is 0. The standard InChI is InChI=1S/C69H70N4O/c1-65(2,3)46-32-37-70-62(40-46)73-59-24-14-13-20-52(59)53-29-28-49(42-61(53)73)74-48-19-15-18-47(41-48)72-43-71(12)64-54(23-17-25-60(64)72)63-50(44-26-30-55-57(38-44)68(8,9)35-33-66(55,4)5)21-16-22-51(63)45-27-31-56-58(39-45)69(10,11)36-34-67(56,6)7/h13-32,37-42H,33-36H2,1-12H3/i4D3,5D3,6D3,7D3,8D3,9D3,10D3,11D3,12D3,26D,27D,30D,31D,33D2,34D2,35D2,36D2,38D,39D. The fourth-order valence-corrected chi connectivity index (χ4v) is 9.73. The van der Waals surface area contributed by atoms with Crippen molar-refractivity contribution in [1.29, 1.82) is 0 Å². The minimum atomic E-state index is -4.91. The Balaban J connectivity index is 1.26. The van der Waals surface area contributed by atoms with E-state index in [0.717, 1.165) is 50.7 Å². The van der Waals surface area contributed by atoms with Crippen LogP contribution >= 0.6 is 0 Å². The molecule has 0 radical (unpaired) electrons. The van der Waals surface area contributed by atoms with Gasteiger partial charge >= 0.3 is 0 Å². The summed E-state index contributed by atoms with van der Waals surface area (Å²) < 4.78 is 390. The van der Waals surface area contributed by atoms with Crippen LogP contribution < -0.4 is 9.30 Å². The molecule has 372 valence electrons. The van der Waals surface area contributed by atoms with Crippen LogP contribution in [0.3, 0.4) is 0 Å². The van der Waals surface area contributed by atoms with Crippen LogP contribution in [0.15, 0.2) is 158 Å². The summed E-state index contributed by atoms with van der Waals surface area (Å²) in [5, 5.41) is 1.68. The third-order valence-electron chi connectivity index (χ3n) is 13.3. The molecule has 0 bridgehead atoms. The fourth-order valence-electron chi connectivity index (χ4n) is 9.73. The maximum absolute atomic E-state index is 10.4. The van der Waals surface area contributed by atoms with Gasteiger partial charge in [0.15, 0.2) is 0 Å². The molecule has 0 amide bonds. The van der Waals surface area contributed by atoms with E-state index in [1.54, 1.807) is 18.3 Å². The highest BCUT2D eigenvalue weighted by molar-refractivity contribution is 6.09. The smallest absolute Gasteiger partial charge is 0.244 e. The lowest BCUT2D eigenvalue weighted by atomic mass is 9.62. The molecule has 2 aliphatic carbocycles. The van der Waals surface area contributed by atoms with Crippen molar-refractivity contribution in [2.24, 2.45) is 6.98 Å². The zero-order valence-electron chi connectivity index (χ0n) is 80.7. The third-order valence-corrected chi connectivity index (χ3v) is 13.3. The molecule has 0 aliphatic heterocycles. The van der Waals surface area contributed by atoms with Crippen LogP contribution in [0, 0.1) is 6.33 Å². The second-order valence-corrected chi connectivity index (χ2v) is 19.5. The first-order valence-electron chi connectivity index (χ1n) is 43.7. The van der Waals surface area contributed by atoms with E-state index < -0.39 is 206 Å². The molecule has 3 aromatic heterocycles. The molecule has 2 aliphatic rings. The normalized spacial score (nSPS) is 29.0. The Hall–Kier alpha value is -7.24. The Labute approximate surface area is 496 Å². The molecule has 5 heteroatoms. The number of pyridine rings is 1. The van der Waals surface area contributed by atoms with Crippen molar-refractivity contribution in [3.8, 4) is 56.4 Å². The molecule has 0 N–H and O–H groups in total. The first kappa shape index (κ1) is 20.5. The molecule has 3 heterocycles. The van der Waals surface area contributed by atoms with Gasteiger partial charge in [-0.25, -0.2) is 4.98 Å². The first-order chi connectivity index (χ1) is 52.0. The number of aromatic nitrogens is 4. The Bertz CT molecular complexity index is 5430. The third kappa shape index (κ3) is 7.88. The van der Waals surface area contributed by atoms with Gasteiger partial charge in [-0.15, -0.1) is 0 Å². The van der Waals surface area contributed by atoms with Crippen LogP contribution in [0.2, 0.25) is 0 Å². The largest absolute Gasteiger partial charge is 0.458 e. The lowest BCUT2D eigenvalue weighted by molar-refractivity contribution is -0.649. The molecule has 0 fully saturated rings. The van der Waals surface area contributed by atoms with Crippen LogP contribution in [0.1, 0.15) is 185 Å². The molecule has 0 saturated heterocycles. The van der Waals surface area contributed by atoms with E-state index in [9.17, 15) is 23.3 Å². The Kier molecular flexibility index (Phi) is 4.67. The van der Waals surface area contributed by atoms with Crippen LogP contribution in [0.25, 0.3) is 77.7 Å². The molecular weight excluding hydrogens is 901 g/mol. The van der Waals surface area contributed by atoms with E-state index in [2.05, 4.69) is 27.1 Å².